The molecule has 0 aromatic heterocycles. The van der Waals surface area contributed by atoms with E-state index >= 15 is 0 Å². The first kappa shape index (κ1) is 12.1. The number of benzene rings is 6. The summed E-state index contributed by atoms with van der Waals surface area (Å²) < 4.78 is 202. The molecule has 0 N–H and O–H groups in total. The van der Waals surface area contributed by atoms with Crippen LogP contribution in [-0.2, 0) is 5.41 Å². The first-order chi connectivity index (χ1) is 30.6. The Morgan fingerprint density at radius 2 is 1.23 bits per heavy atom. The van der Waals surface area contributed by atoms with E-state index in [1.54, 1.807) is 20.8 Å². The summed E-state index contributed by atoms with van der Waals surface area (Å²) in [5, 5.41) is 0. The third kappa shape index (κ3) is 4.29. The smallest absolute Gasteiger partial charge is 0.256 e. The fourth-order valence-corrected chi connectivity index (χ4v) is 5.39. The number of para-hydroxylation sites is 4. The summed E-state index contributed by atoms with van der Waals surface area (Å²) >= 11 is 0. The predicted molar refractivity (Wildman–Crippen MR) is 186 cm³/mol. The van der Waals surface area contributed by atoms with Gasteiger partial charge in [0.1, 0.15) is 11.5 Å². The van der Waals surface area contributed by atoms with E-state index in [9.17, 15) is 5.48 Å². The number of hydrogen-bond acceptors (Lipinski definition) is 3. The summed E-state index contributed by atoms with van der Waals surface area (Å²) in [5.41, 5.74) is -4.73. The van der Waals surface area contributed by atoms with Gasteiger partial charge in [-0.3, -0.25) is 0 Å². The molecule has 8 rings (SSSR count). The first-order valence-corrected chi connectivity index (χ1v) is 13.5. The zero-order chi connectivity index (χ0) is 49.0. The number of anilines is 6. The van der Waals surface area contributed by atoms with Crippen molar-refractivity contribution in [1.82, 2.24) is 0 Å². The lowest BCUT2D eigenvalue weighted by molar-refractivity contribution is 0.486. The minimum absolute atomic E-state index is 0.0699. The highest BCUT2D eigenvalue weighted by Gasteiger charge is 2.42. The largest absolute Gasteiger partial charge is 0.458 e. The van der Waals surface area contributed by atoms with E-state index in [0.717, 1.165) is 21.9 Å². The van der Waals surface area contributed by atoms with Gasteiger partial charge in [-0.05, 0) is 81.8 Å². The fraction of sp³-hybridized carbons (Fsp3) is 0.100. The van der Waals surface area contributed by atoms with Crippen molar-refractivity contribution in [2.24, 2.45) is 0 Å². The molecule has 2 aliphatic rings. The van der Waals surface area contributed by atoms with Crippen LogP contribution in [0, 0.1) is 0 Å². The van der Waals surface area contributed by atoms with E-state index in [-0.39, 0.29) is 39.4 Å². The number of hydrogen-bond donors (Lipinski definition) is 0. The third-order valence-electron chi connectivity index (χ3n) is 7.29. The number of ether oxygens (including phenoxy) is 1. The number of rotatable bonds is 4. The zero-order valence-electron chi connectivity index (χ0n) is 45.5. The van der Waals surface area contributed by atoms with Crippen molar-refractivity contribution < 1.29 is 34.9 Å². The maximum absolute atomic E-state index is 9.64. The molecule has 212 valence electrons. The minimum atomic E-state index is -1.50. The molecule has 0 saturated heterocycles. The van der Waals surface area contributed by atoms with Crippen LogP contribution in [0.25, 0.3) is 0 Å². The van der Waals surface area contributed by atoms with Gasteiger partial charge in [-0.2, -0.15) is 0 Å². The molecule has 6 aromatic carbocycles. The van der Waals surface area contributed by atoms with Crippen LogP contribution in [0.4, 0.5) is 34.1 Å². The second-order valence-electron chi connectivity index (χ2n) is 11.0. The van der Waals surface area contributed by atoms with E-state index in [1.807, 2.05) is 0 Å². The van der Waals surface area contributed by atoms with E-state index in [1.165, 1.54) is 0 Å². The summed E-state index contributed by atoms with van der Waals surface area (Å²) in [6.07, 6.45) is 0. The van der Waals surface area contributed by atoms with Gasteiger partial charge in [0.25, 0.3) is 6.71 Å². The molecule has 6 aromatic rings. The molecular formula is C40H33BN2O. The molecule has 2 heterocycles. The lowest BCUT2D eigenvalue weighted by Crippen LogP contribution is -2.59. The standard InChI is InChI=1S/C40H33BN2O/c1-40(2,3)28-23-24-37-34(25-28)41-33-21-13-14-22-35(33)43(31-19-11-6-12-20-31)36-26-32(27-38(44-37)39(36)41)42(29-15-7-4-8-16-29)30-17-9-5-10-18-30/h4-27H,1-3H3/i4D,5D,6D,7D,8D,9D,10D,11D,12D,13D,14D,15D,16D,17D,18D,19D,20D,21D,22D,23D,24D,25D. The SMILES string of the molecule is [2H]c1c([2H])c([2H])c(N(c2cc3c4c(c2)N(c2c([2H])c([2H])c([2H])c([2H])c2[2H])c2c([2H])c([2H])c([2H])c([2H])c2B4c2c([2H])c(C(C)(C)C)c([2H])c([2H])c2O3)c2c([2H])c([2H])c([2H])c([2H])c2[2H])c([2H])c1[2H]. The normalized spacial score (nSPS) is 20.0. The molecule has 0 bridgehead atoms. The van der Waals surface area contributed by atoms with Crippen molar-refractivity contribution in [3.63, 3.8) is 0 Å². The molecule has 0 amide bonds. The van der Waals surface area contributed by atoms with Gasteiger partial charge in [0.05, 0.1) is 35.8 Å². The van der Waals surface area contributed by atoms with Crippen molar-refractivity contribution in [2.45, 2.75) is 26.2 Å². The summed E-state index contributed by atoms with van der Waals surface area (Å²) in [5.74, 6) is -0.763. The van der Waals surface area contributed by atoms with Gasteiger partial charge in [-0.1, -0.05) is 105 Å². The van der Waals surface area contributed by atoms with Gasteiger partial charge >= 0.3 is 0 Å². The zero-order valence-corrected chi connectivity index (χ0v) is 23.5. The van der Waals surface area contributed by atoms with Crippen molar-refractivity contribution in [3.05, 3.63) is 151 Å². The molecule has 0 saturated carbocycles. The Labute approximate surface area is 291 Å². The maximum atomic E-state index is 9.64. The van der Waals surface area contributed by atoms with Gasteiger partial charge in [0.2, 0.25) is 0 Å². The average molecular weight is 591 g/mol. The van der Waals surface area contributed by atoms with Gasteiger partial charge < -0.3 is 14.5 Å². The van der Waals surface area contributed by atoms with Crippen LogP contribution >= 0.6 is 0 Å². The average Bonchev–Trinajstić information content (AvgIpc) is 3.27. The van der Waals surface area contributed by atoms with Crippen LogP contribution in [0.2, 0.25) is 0 Å². The molecular weight excluding hydrogens is 535 g/mol. The lowest BCUT2D eigenvalue weighted by Gasteiger charge is -2.41. The van der Waals surface area contributed by atoms with Gasteiger partial charge in [0.15, 0.2) is 0 Å². The van der Waals surface area contributed by atoms with Gasteiger partial charge in [0, 0.05) is 34.5 Å². The monoisotopic (exact) mass is 590 g/mol. The molecule has 4 heteroatoms. The Hall–Kier alpha value is -5.22. The van der Waals surface area contributed by atoms with Gasteiger partial charge in [-0.15, -0.1) is 0 Å². The molecule has 0 spiro atoms. The Morgan fingerprint density at radius 3 is 1.89 bits per heavy atom. The lowest BCUT2D eigenvalue weighted by atomic mass is 9.34. The number of fused-ring (bicyclic) bond motifs is 4. The van der Waals surface area contributed by atoms with E-state index in [4.69, 9.17) is 29.4 Å². The summed E-state index contributed by atoms with van der Waals surface area (Å²) in [6, 6.07) is -15.2. The van der Waals surface area contributed by atoms with E-state index in [0.29, 0.717) is 0 Å². The minimum Gasteiger partial charge on any atom is -0.458 e. The second kappa shape index (κ2) is 10.2. The van der Waals surface area contributed by atoms with Crippen LogP contribution in [0.3, 0.4) is 0 Å². The van der Waals surface area contributed by atoms with Crippen molar-refractivity contribution in [2.75, 3.05) is 9.80 Å². The highest BCUT2D eigenvalue weighted by Crippen LogP contribution is 2.45. The molecule has 0 unspecified atom stereocenters. The van der Waals surface area contributed by atoms with Crippen molar-refractivity contribution in [1.29, 1.82) is 0 Å². The Kier molecular flexibility index (Phi) is 2.79. The number of nitrogens with zero attached hydrogens (tertiary/aromatic N) is 2. The highest BCUT2D eigenvalue weighted by atomic mass is 16.5. The molecule has 2 aliphatic heterocycles. The van der Waals surface area contributed by atoms with E-state index in [2.05, 4.69) is 0 Å². The van der Waals surface area contributed by atoms with Crippen molar-refractivity contribution >= 4 is 57.2 Å². The molecule has 44 heavy (non-hydrogen) atoms. The van der Waals surface area contributed by atoms with Crippen LogP contribution in [0.5, 0.6) is 11.5 Å². The molecule has 0 radical (unpaired) electrons. The molecule has 0 fully saturated rings. The topological polar surface area (TPSA) is 15.7 Å². The van der Waals surface area contributed by atoms with Crippen LogP contribution in [-0.4, -0.2) is 6.71 Å². The van der Waals surface area contributed by atoms with Crippen LogP contribution in [0.1, 0.15) is 56.5 Å². The summed E-state index contributed by atoms with van der Waals surface area (Å²) in [6.45, 7) is 3.60. The summed E-state index contributed by atoms with van der Waals surface area (Å²) in [7, 11) is 0. The van der Waals surface area contributed by atoms with Crippen LogP contribution < -0.4 is 30.9 Å². The molecule has 3 nitrogen and oxygen atoms in total. The van der Waals surface area contributed by atoms with Crippen LogP contribution in [0.15, 0.2) is 145 Å². The molecule has 0 atom stereocenters. The maximum Gasteiger partial charge on any atom is 0.256 e. The predicted octanol–water partition coefficient (Wildman–Crippen LogP) is 8.86. The quantitative estimate of drug-likeness (QED) is 0.191. The third-order valence-corrected chi connectivity index (χ3v) is 7.29. The Morgan fingerprint density at radius 1 is 0.614 bits per heavy atom. The Balaban J connectivity index is 1.66. The van der Waals surface area contributed by atoms with Gasteiger partial charge in [-0.25, -0.2) is 0 Å². The second-order valence-corrected chi connectivity index (χ2v) is 11.0. The first-order valence-electron chi connectivity index (χ1n) is 24.5. The fourth-order valence-electron chi connectivity index (χ4n) is 5.39. The van der Waals surface area contributed by atoms with E-state index < -0.39 is 173 Å². The summed E-state index contributed by atoms with van der Waals surface area (Å²) in [4.78, 5) is 1.73. The molecule has 0 aliphatic carbocycles. The highest BCUT2D eigenvalue weighted by molar-refractivity contribution is 6.99. The Bertz CT molecular complexity index is 3070. The van der Waals surface area contributed by atoms with Crippen molar-refractivity contribution in [3.8, 4) is 11.5 Å².